The van der Waals surface area contributed by atoms with Crippen LogP contribution in [0.25, 0.3) is 10.6 Å². The van der Waals surface area contributed by atoms with E-state index in [0.29, 0.717) is 10.7 Å². The van der Waals surface area contributed by atoms with Crippen LogP contribution in [0, 0.1) is 13.8 Å². The van der Waals surface area contributed by atoms with Gasteiger partial charge in [-0.05, 0) is 32.8 Å². The molecule has 21 heavy (non-hydrogen) atoms. The average molecular weight is 326 g/mol. The second-order valence-corrected chi connectivity index (χ2v) is 8.41. The number of rotatable bonds is 4. The minimum Gasteiger partial charge on any atom is -0.355 e. The molecular formula is C14H18N2O3S2. The maximum atomic E-state index is 12.5. The SMILES string of the molecule is Cc1cc(-c2cc(S(=O)(=O)NC3CCCC3)c(C)s2)on1. The summed E-state index contributed by atoms with van der Waals surface area (Å²) in [4.78, 5) is 1.91. The Balaban J connectivity index is 1.89. The first-order valence-corrected chi connectivity index (χ1v) is 9.32. The minimum absolute atomic E-state index is 0.0743. The van der Waals surface area contributed by atoms with Crippen molar-refractivity contribution in [1.29, 1.82) is 0 Å². The maximum absolute atomic E-state index is 12.5. The van der Waals surface area contributed by atoms with Gasteiger partial charge in [0.15, 0.2) is 5.76 Å². The number of sulfonamides is 1. The van der Waals surface area contributed by atoms with Crippen molar-refractivity contribution in [3.05, 3.63) is 22.7 Å². The Labute approximate surface area is 128 Å². The standard InChI is InChI=1S/C14H18N2O3S2/c1-9-7-12(19-15-9)13-8-14(10(2)20-13)21(17,18)16-11-5-3-4-6-11/h7-8,11,16H,3-6H2,1-2H3. The highest BCUT2D eigenvalue weighted by molar-refractivity contribution is 7.89. The van der Waals surface area contributed by atoms with Crippen LogP contribution in [-0.2, 0) is 10.0 Å². The van der Waals surface area contributed by atoms with Crippen LogP contribution < -0.4 is 4.72 Å². The molecule has 1 saturated carbocycles. The zero-order valence-electron chi connectivity index (χ0n) is 12.0. The number of hydrogen-bond donors (Lipinski definition) is 1. The molecule has 1 aliphatic carbocycles. The molecule has 114 valence electrons. The van der Waals surface area contributed by atoms with Gasteiger partial charge in [0.2, 0.25) is 10.0 Å². The molecule has 2 aromatic heterocycles. The first kappa shape index (κ1) is 14.7. The second kappa shape index (κ2) is 5.55. The molecule has 0 saturated heterocycles. The summed E-state index contributed by atoms with van der Waals surface area (Å²) in [5.41, 5.74) is 0.782. The van der Waals surface area contributed by atoms with Crippen LogP contribution in [0.5, 0.6) is 0 Å². The third-order valence-corrected chi connectivity index (χ3v) is 6.55. The number of nitrogens with zero attached hydrogens (tertiary/aromatic N) is 1. The predicted octanol–water partition coefficient (Wildman–Crippen LogP) is 3.24. The molecule has 3 rings (SSSR count). The zero-order valence-corrected chi connectivity index (χ0v) is 13.7. The summed E-state index contributed by atoms with van der Waals surface area (Å²) in [6.07, 6.45) is 4.05. The fourth-order valence-electron chi connectivity index (χ4n) is 2.66. The topological polar surface area (TPSA) is 72.2 Å². The Hall–Kier alpha value is -1.18. The minimum atomic E-state index is -3.46. The van der Waals surface area contributed by atoms with Crippen LogP contribution in [-0.4, -0.2) is 19.6 Å². The quantitative estimate of drug-likeness (QED) is 0.936. The Bertz CT molecular complexity index is 740. The summed E-state index contributed by atoms with van der Waals surface area (Å²) in [7, 11) is -3.46. The highest BCUT2D eigenvalue weighted by atomic mass is 32.2. The molecule has 0 spiro atoms. The van der Waals surface area contributed by atoms with Gasteiger partial charge in [0.05, 0.1) is 15.5 Å². The molecule has 1 fully saturated rings. The molecule has 0 aliphatic heterocycles. The van der Waals surface area contributed by atoms with E-state index in [1.807, 2.05) is 19.9 Å². The second-order valence-electron chi connectivity index (χ2n) is 5.47. The van der Waals surface area contributed by atoms with Crippen LogP contribution in [0.1, 0.15) is 36.3 Å². The van der Waals surface area contributed by atoms with Gasteiger partial charge in [0, 0.05) is 17.0 Å². The highest BCUT2D eigenvalue weighted by Crippen LogP contribution is 2.34. The summed E-state index contributed by atoms with van der Waals surface area (Å²) in [5, 5.41) is 3.84. The fourth-order valence-corrected chi connectivity index (χ4v) is 5.50. The first-order chi connectivity index (χ1) is 9.95. The first-order valence-electron chi connectivity index (χ1n) is 7.02. The van der Waals surface area contributed by atoms with Crippen molar-refractivity contribution in [1.82, 2.24) is 9.88 Å². The zero-order chi connectivity index (χ0) is 15.0. The van der Waals surface area contributed by atoms with E-state index in [2.05, 4.69) is 9.88 Å². The van der Waals surface area contributed by atoms with Crippen molar-refractivity contribution in [3.63, 3.8) is 0 Å². The lowest BCUT2D eigenvalue weighted by Crippen LogP contribution is -2.32. The number of nitrogens with one attached hydrogen (secondary N) is 1. The van der Waals surface area contributed by atoms with Crippen LogP contribution in [0.4, 0.5) is 0 Å². The molecule has 1 aliphatic rings. The molecule has 0 unspecified atom stereocenters. The Morgan fingerprint density at radius 3 is 2.62 bits per heavy atom. The third kappa shape index (κ3) is 3.04. The Morgan fingerprint density at radius 1 is 1.29 bits per heavy atom. The van der Waals surface area contributed by atoms with E-state index >= 15 is 0 Å². The summed E-state index contributed by atoms with van der Waals surface area (Å²) >= 11 is 1.41. The van der Waals surface area contributed by atoms with Gasteiger partial charge in [0.25, 0.3) is 0 Å². The maximum Gasteiger partial charge on any atom is 0.241 e. The molecule has 2 heterocycles. The highest BCUT2D eigenvalue weighted by Gasteiger charge is 2.26. The molecule has 0 atom stereocenters. The molecule has 0 amide bonds. The van der Waals surface area contributed by atoms with Crippen LogP contribution in [0.15, 0.2) is 21.6 Å². The molecule has 0 radical (unpaired) electrons. The van der Waals surface area contributed by atoms with Crippen molar-refractivity contribution in [2.24, 2.45) is 0 Å². The van der Waals surface area contributed by atoms with E-state index in [1.54, 1.807) is 6.07 Å². The summed E-state index contributed by atoms with van der Waals surface area (Å²) in [6, 6.07) is 3.56. The molecule has 2 aromatic rings. The molecule has 7 heteroatoms. The summed E-state index contributed by atoms with van der Waals surface area (Å²) in [5.74, 6) is 0.614. The van der Waals surface area contributed by atoms with E-state index in [9.17, 15) is 8.42 Å². The number of hydrogen-bond acceptors (Lipinski definition) is 5. The summed E-state index contributed by atoms with van der Waals surface area (Å²) in [6.45, 7) is 3.66. The van der Waals surface area contributed by atoms with Crippen molar-refractivity contribution in [2.45, 2.75) is 50.5 Å². The Kier molecular flexibility index (Phi) is 3.90. The Morgan fingerprint density at radius 2 is 2.00 bits per heavy atom. The fraction of sp³-hybridized carbons (Fsp3) is 0.500. The van der Waals surface area contributed by atoms with E-state index < -0.39 is 10.0 Å². The molecular weight excluding hydrogens is 308 g/mol. The van der Waals surface area contributed by atoms with Crippen LogP contribution in [0.3, 0.4) is 0 Å². The molecule has 1 N–H and O–H groups in total. The lowest BCUT2D eigenvalue weighted by atomic mass is 10.3. The van der Waals surface area contributed by atoms with Crippen molar-refractivity contribution >= 4 is 21.4 Å². The number of thiophene rings is 1. The van der Waals surface area contributed by atoms with Crippen molar-refractivity contribution < 1.29 is 12.9 Å². The van der Waals surface area contributed by atoms with E-state index in [0.717, 1.165) is 41.1 Å². The van der Waals surface area contributed by atoms with E-state index in [-0.39, 0.29) is 6.04 Å². The summed E-state index contributed by atoms with van der Waals surface area (Å²) < 4.78 is 33.0. The number of aromatic nitrogens is 1. The predicted molar refractivity (Wildman–Crippen MR) is 81.9 cm³/mol. The largest absolute Gasteiger partial charge is 0.355 e. The monoisotopic (exact) mass is 326 g/mol. The lowest BCUT2D eigenvalue weighted by Gasteiger charge is -2.11. The van der Waals surface area contributed by atoms with Crippen LogP contribution >= 0.6 is 11.3 Å². The van der Waals surface area contributed by atoms with E-state index in [1.165, 1.54) is 11.3 Å². The van der Waals surface area contributed by atoms with Gasteiger partial charge in [-0.25, -0.2) is 13.1 Å². The van der Waals surface area contributed by atoms with Gasteiger partial charge < -0.3 is 4.52 Å². The normalized spacial score (nSPS) is 16.7. The number of aryl methyl sites for hydroxylation is 2. The van der Waals surface area contributed by atoms with Crippen LogP contribution in [0.2, 0.25) is 0 Å². The van der Waals surface area contributed by atoms with E-state index in [4.69, 9.17) is 4.52 Å². The van der Waals surface area contributed by atoms with Gasteiger partial charge in [-0.1, -0.05) is 18.0 Å². The lowest BCUT2D eigenvalue weighted by molar-refractivity contribution is 0.428. The average Bonchev–Trinajstić information content (AvgIpc) is 3.10. The van der Waals surface area contributed by atoms with Gasteiger partial charge in [-0.15, -0.1) is 11.3 Å². The third-order valence-electron chi connectivity index (χ3n) is 3.71. The van der Waals surface area contributed by atoms with Gasteiger partial charge in [-0.2, -0.15) is 0 Å². The van der Waals surface area contributed by atoms with Gasteiger partial charge >= 0.3 is 0 Å². The molecule has 0 aromatic carbocycles. The van der Waals surface area contributed by atoms with Crippen molar-refractivity contribution in [2.75, 3.05) is 0 Å². The molecule has 5 nitrogen and oxygen atoms in total. The van der Waals surface area contributed by atoms with Gasteiger partial charge in [0.1, 0.15) is 0 Å². The molecule has 0 bridgehead atoms. The van der Waals surface area contributed by atoms with Gasteiger partial charge in [-0.3, -0.25) is 0 Å². The van der Waals surface area contributed by atoms with Crippen molar-refractivity contribution in [3.8, 4) is 10.6 Å². The smallest absolute Gasteiger partial charge is 0.241 e.